The Bertz CT molecular complexity index is 1460. The molecule has 1 fully saturated rings. The lowest BCUT2D eigenvalue weighted by Crippen LogP contribution is -2.47. The van der Waals surface area contributed by atoms with Gasteiger partial charge in [0.2, 0.25) is 5.91 Å². The van der Waals surface area contributed by atoms with E-state index in [1.807, 2.05) is 87.5 Å². The van der Waals surface area contributed by atoms with Crippen molar-refractivity contribution in [2.24, 2.45) is 0 Å². The minimum atomic E-state index is -0.651. The maximum absolute atomic E-state index is 13.9. The summed E-state index contributed by atoms with van der Waals surface area (Å²) in [5, 5.41) is 6.72. The maximum atomic E-state index is 13.9. The average Bonchev–Trinajstić information content (AvgIpc) is 3.74. The summed E-state index contributed by atoms with van der Waals surface area (Å²) in [7, 11) is 0. The van der Waals surface area contributed by atoms with Crippen LogP contribution in [0.4, 0.5) is 5.69 Å². The van der Waals surface area contributed by atoms with Crippen LogP contribution in [-0.2, 0) is 21.5 Å². The number of benzene rings is 2. The SMILES string of the molecule is CC(C)(C)OC(=O)c1cc(NC(=O)C(Cc2ccccc2)NC2(c3ccccn3)CC2)cc(-c2ccncc2)c1. The summed E-state index contributed by atoms with van der Waals surface area (Å²) in [5.74, 6) is -0.641. The molecule has 1 amide bonds. The molecule has 2 aromatic carbocycles. The van der Waals surface area contributed by atoms with Gasteiger partial charge in [0.15, 0.2) is 0 Å². The largest absolute Gasteiger partial charge is 0.456 e. The van der Waals surface area contributed by atoms with Crippen molar-refractivity contribution in [1.82, 2.24) is 15.3 Å². The molecule has 4 aromatic rings. The molecule has 2 aromatic heterocycles. The molecule has 2 heterocycles. The molecule has 0 spiro atoms. The first-order valence-electron chi connectivity index (χ1n) is 13.5. The smallest absolute Gasteiger partial charge is 0.338 e. The second-order valence-corrected chi connectivity index (χ2v) is 11.2. The number of pyridine rings is 2. The second-order valence-electron chi connectivity index (χ2n) is 11.2. The molecule has 0 radical (unpaired) electrons. The van der Waals surface area contributed by atoms with E-state index in [0.29, 0.717) is 17.7 Å². The normalized spacial score (nSPS) is 14.7. The summed E-state index contributed by atoms with van der Waals surface area (Å²) >= 11 is 0. The molecule has 0 aliphatic heterocycles. The molecule has 7 heteroatoms. The molecule has 5 rings (SSSR count). The van der Waals surface area contributed by atoms with Gasteiger partial charge >= 0.3 is 5.97 Å². The third-order valence-electron chi connectivity index (χ3n) is 6.80. The predicted octanol–water partition coefficient (Wildman–Crippen LogP) is 5.93. The van der Waals surface area contributed by atoms with Gasteiger partial charge in [-0.3, -0.25) is 20.1 Å². The standard InChI is InChI=1S/C33H34N4O3/c1-32(2,3)40-31(39)26-20-25(24-12-17-34-18-13-24)21-27(22-26)36-30(38)28(19-23-9-5-4-6-10-23)37-33(14-15-33)29-11-7-8-16-35-29/h4-13,16-18,20-22,28,37H,14-15,19H2,1-3H3,(H,36,38). The summed E-state index contributed by atoms with van der Waals surface area (Å²) in [5.41, 5.74) is 3.53. The molecular weight excluding hydrogens is 500 g/mol. The van der Waals surface area contributed by atoms with E-state index in [1.54, 1.807) is 30.7 Å². The average molecular weight is 535 g/mol. The van der Waals surface area contributed by atoms with Gasteiger partial charge in [0.1, 0.15) is 5.60 Å². The van der Waals surface area contributed by atoms with Crippen molar-refractivity contribution in [2.45, 2.75) is 57.2 Å². The van der Waals surface area contributed by atoms with E-state index in [1.165, 1.54) is 0 Å². The molecule has 204 valence electrons. The van der Waals surface area contributed by atoms with Crippen LogP contribution in [0.2, 0.25) is 0 Å². The number of ether oxygens (including phenoxy) is 1. The second kappa shape index (κ2) is 11.4. The highest BCUT2D eigenvalue weighted by Crippen LogP contribution is 2.45. The molecule has 1 unspecified atom stereocenters. The van der Waals surface area contributed by atoms with Crippen LogP contribution in [0.1, 0.15) is 55.2 Å². The first-order chi connectivity index (χ1) is 19.2. The van der Waals surface area contributed by atoms with E-state index in [2.05, 4.69) is 20.6 Å². The Morgan fingerprint density at radius 1 is 0.900 bits per heavy atom. The Labute approximate surface area is 235 Å². The predicted molar refractivity (Wildman–Crippen MR) is 156 cm³/mol. The van der Waals surface area contributed by atoms with E-state index < -0.39 is 17.6 Å². The van der Waals surface area contributed by atoms with E-state index in [4.69, 9.17) is 4.74 Å². The zero-order valence-corrected chi connectivity index (χ0v) is 23.1. The third kappa shape index (κ3) is 6.79. The number of esters is 1. The van der Waals surface area contributed by atoms with E-state index >= 15 is 0 Å². The maximum Gasteiger partial charge on any atom is 0.338 e. The van der Waals surface area contributed by atoms with Gasteiger partial charge in [0, 0.05) is 24.3 Å². The fourth-order valence-electron chi connectivity index (χ4n) is 4.73. The lowest BCUT2D eigenvalue weighted by molar-refractivity contribution is -0.118. The monoisotopic (exact) mass is 534 g/mol. The van der Waals surface area contributed by atoms with Gasteiger partial charge in [0.05, 0.1) is 22.8 Å². The minimum Gasteiger partial charge on any atom is -0.456 e. The lowest BCUT2D eigenvalue weighted by Gasteiger charge is -2.25. The highest BCUT2D eigenvalue weighted by molar-refractivity contribution is 5.98. The zero-order valence-electron chi connectivity index (χ0n) is 23.1. The fraction of sp³-hybridized carbons (Fsp3) is 0.273. The van der Waals surface area contributed by atoms with E-state index in [0.717, 1.165) is 35.2 Å². The summed E-state index contributed by atoms with van der Waals surface area (Å²) in [6.45, 7) is 5.49. The molecule has 1 aliphatic carbocycles. The van der Waals surface area contributed by atoms with Crippen LogP contribution < -0.4 is 10.6 Å². The first kappa shape index (κ1) is 27.2. The number of carbonyl (C=O) groups is 2. The van der Waals surface area contributed by atoms with Gasteiger partial charge in [-0.15, -0.1) is 0 Å². The molecule has 7 nitrogen and oxygen atoms in total. The topological polar surface area (TPSA) is 93.2 Å². The number of hydrogen-bond donors (Lipinski definition) is 2. The highest BCUT2D eigenvalue weighted by atomic mass is 16.6. The van der Waals surface area contributed by atoms with Crippen molar-refractivity contribution in [3.63, 3.8) is 0 Å². The van der Waals surface area contributed by atoms with Gasteiger partial charge in [0.25, 0.3) is 0 Å². The summed E-state index contributed by atoms with van der Waals surface area (Å²) in [6.07, 6.45) is 7.49. The van der Waals surface area contributed by atoms with Crippen LogP contribution in [0.25, 0.3) is 11.1 Å². The third-order valence-corrected chi connectivity index (χ3v) is 6.80. The number of aromatic nitrogens is 2. The number of nitrogens with one attached hydrogen (secondary N) is 2. The molecular formula is C33H34N4O3. The van der Waals surface area contributed by atoms with Crippen molar-refractivity contribution in [2.75, 3.05) is 5.32 Å². The van der Waals surface area contributed by atoms with Crippen molar-refractivity contribution >= 4 is 17.6 Å². The molecule has 40 heavy (non-hydrogen) atoms. The van der Waals surface area contributed by atoms with Crippen LogP contribution in [0, 0.1) is 0 Å². The Morgan fingerprint density at radius 2 is 1.62 bits per heavy atom. The number of hydrogen-bond acceptors (Lipinski definition) is 6. The van der Waals surface area contributed by atoms with Crippen molar-refractivity contribution in [3.8, 4) is 11.1 Å². The van der Waals surface area contributed by atoms with Crippen LogP contribution in [0.15, 0.2) is 97.5 Å². The number of rotatable bonds is 9. The molecule has 2 N–H and O–H groups in total. The van der Waals surface area contributed by atoms with Gasteiger partial charge < -0.3 is 10.1 Å². The Balaban J connectivity index is 1.45. The number of nitrogens with zero attached hydrogens (tertiary/aromatic N) is 2. The highest BCUT2D eigenvalue weighted by Gasteiger charge is 2.47. The Hall–Kier alpha value is -4.36. The van der Waals surface area contributed by atoms with Gasteiger partial charge in [-0.25, -0.2) is 4.79 Å². The number of carbonyl (C=O) groups excluding carboxylic acids is 2. The molecule has 0 saturated heterocycles. The van der Waals surface area contributed by atoms with Crippen LogP contribution in [0.3, 0.4) is 0 Å². The molecule has 1 saturated carbocycles. The summed E-state index contributed by atoms with van der Waals surface area (Å²) in [4.78, 5) is 35.6. The minimum absolute atomic E-state index is 0.187. The zero-order chi connectivity index (χ0) is 28.2. The van der Waals surface area contributed by atoms with E-state index in [-0.39, 0.29) is 11.4 Å². The molecule has 1 atom stereocenters. The quantitative estimate of drug-likeness (QED) is 0.259. The van der Waals surface area contributed by atoms with Gasteiger partial charge in [-0.05, 0) is 99.2 Å². The first-order valence-corrected chi connectivity index (χ1v) is 13.5. The number of anilines is 1. The van der Waals surface area contributed by atoms with Crippen molar-refractivity contribution < 1.29 is 14.3 Å². The van der Waals surface area contributed by atoms with Crippen LogP contribution >= 0.6 is 0 Å². The lowest BCUT2D eigenvalue weighted by atomic mass is 10.0. The summed E-state index contributed by atoms with van der Waals surface area (Å²) < 4.78 is 5.64. The summed E-state index contributed by atoms with van der Waals surface area (Å²) in [6, 6.07) is 24.3. The van der Waals surface area contributed by atoms with Crippen molar-refractivity contribution in [3.05, 3.63) is 114 Å². The van der Waals surface area contributed by atoms with Gasteiger partial charge in [-0.2, -0.15) is 0 Å². The number of amides is 1. The molecule has 1 aliphatic rings. The fourth-order valence-corrected chi connectivity index (χ4v) is 4.73. The van der Waals surface area contributed by atoms with E-state index in [9.17, 15) is 9.59 Å². The molecule has 0 bridgehead atoms. The van der Waals surface area contributed by atoms with Gasteiger partial charge in [-0.1, -0.05) is 36.4 Å². The van der Waals surface area contributed by atoms with Crippen LogP contribution in [0.5, 0.6) is 0 Å². The van der Waals surface area contributed by atoms with Crippen molar-refractivity contribution in [1.29, 1.82) is 0 Å². The Morgan fingerprint density at radius 3 is 2.27 bits per heavy atom. The Kier molecular flexibility index (Phi) is 7.76. The van der Waals surface area contributed by atoms with Crippen LogP contribution in [-0.4, -0.2) is 33.5 Å².